The van der Waals surface area contributed by atoms with Crippen LogP contribution in [0, 0.1) is 13.8 Å². The molecule has 112 valence electrons. The van der Waals surface area contributed by atoms with Crippen LogP contribution in [-0.2, 0) is 0 Å². The van der Waals surface area contributed by atoms with Gasteiger partial charge in [-0.15, -0.1) is 0 Å². The summed E-state index contributed by atoms with van der Waals surface area (Å²) in [6.07, 6.45) is 3.74. The van der Waals surface area contributed by atoms with Crippen molar-refractivity contribution in [3.63, 3.8) is 0 Å². The van der Waals surface area contributed by atoms with E-state index in [9.17, 15) is 4.79 Å². The molecule has 2 heterocycles. The second-order valence-electron chi connectivity index (χ2n) is 5.55. The second-order valence-corrected chi connectivity index (χ2v) is 5.55. The van der Waals surface area contributed by atoms with Crippen molar-refractivity contribution in [3.8, 4) is 0 Å². The van der Waals surface area contributed by atoms with Crippen molar-refractivity contribution in [2.24, 2.45) is 0 Å². The predicted octanol–water partition coefficient (Wildman–Crippen LogP) is 1.84. The summed E-state index contributed by atoms with van der Waals surface area (Å²) in [5, 5.41) is 11.4. The molecule has 1 aliphatic carbocycles. The lowest BCUT2D eigenvalue weighted by Gasteiger charge is -2.29. The normalized spacial score (nSPS) is 22.2. The van der Waals surface area contributed by atoms with Gasteiger partial charge in [0.1, 0.15) is 0 Å². The Morgan fingerprint density at radius 3 is 2.67 bits per heavy atom. The van der Waals surface area contributed by atoms with Gasteiger partial charge in [0.2, 0.25) is 0 Å². The van der Waals surface area contributed by atoms with Gasteiger partial charge in [-0.3, -0.25) is 4.79 Å². The summed E-state index contributed by atoms with van der Waals surface area (Å²) >= 11 is 0. The zero-order valence-corrected chi connectivity index (χ0v) is 12.2. The van der Waals surface area contributed by atoms with Crippen molar-refractivity contribution in [1.29, 1.82) is 0 Å². The number of rotatable bonds is 3. The van der Waals surface area contributed by atoms with E-state index in [0.717, 1.165) is 31.4 Å². The summed E-state index contributed by atoms with van der Waals surface area (Å²) in [5.41, 5.74) is 0.848. The molecule has 3 rings (SSSR count). The van der Waals surface area contributed by atoms with Crippen LogP contribution < -0.4 is 10.9 Å². The van der Waals surface area contributed by atoms with Crippen molar-refractivity contribution >= 4 is 6.01 Å². The first kappa shape index (κ1) is 13.8. The van der Waals surface area contributed by atoms with E-state index < -0.39 is 0 Å². The Morgan fingerprint density at radius 1 is 1.24 bits per heavy atom. The summed E-state index contributed by atoms with van der Waals surface area (Å²) in [6.45, 7) is 3.70. The van der Waals surface area contributed by atoms with Gasteiger partial charge in [-0.2, -0.15) is 10.1 Å². The van der Waals surface area contributed by atoms with E-state index in [1.54, 1.807) is 23.7 Å². The first-order chi connectivity index (χ1) is 10.1. The van der Waals surface area contributed by atoms with Crippen LogP contribution in [0.5, 0.6) is 0 Å². The third-order valence-electron chi connectivity index (χ3n) is 3.86. The molecule has 1 fully saturated rings. The van der Waals surface area contributed by atoms with Gasteiger partial charge in [0.15, 0.2) is 5.82 Å². The molecule has 0 spiro atoms. The fourth-order valence-electron chi connectivity index (χ4n) is 2.78. The molecule has 7 heteroatoms. The number of aryl methyl sites for hydroxylation is 2. The minimum atomic E-state index is -0.0236. The minimum absolute atomic E-state index is 0.0236. The largest absolute Gasteiger partial charge is 0.335 e. The van der Waals surface area contributed by atoms with E-state index in [1.165, 1.54) is 0 Å². The number of nitrogens with one attached hydrogen (secondary N) is 1. The molecule has 0 bridgehead atoms. The van der Waals surface area contributed by atoms with E-state index in [1.807, 2.05) is 6.92 Å². The number of hydrogen-bond donors (Lipinski definition) is 1. The lowest BCUT2D eigenvalue weighted by Crippen LogP contribution is -2.33. The maximum absolute atomic E-state index is 11.9. The third-order valence-corrected chi connectivity index (χ3v) is 3.86. The third kappa shape index (κ3) is 3.12. The van der Waals surface area contributed by atoms with E-state index in [4.69, 9.17) is 4.52 Å². The zero-order valence-electron chi connectivity index (χ0n) is 12.2. The summed E-state index contributed by atoms with van der Waals surface area (Å²) in [5.74, 6) is 0.627. The Bertz CT molecular complexity index is 670. The van der Waals surface area contributed by atoms with E-state index in [2.05, 4.69) is 20.6 Å². The molecule has 1 saturated carbocycles. The van der Waals surface area contributed by atoms with Crippen LogP contribution in [0.3, 0.4) is 0 Å². The van der Waals surface area contributed by atoms with Crippen LogP contribution in [0.4, 0.5) is 6.01 Å². The van der Waals surface area contributed by atoms with Gasteiger partial charge in [0.05, 0.1) is 11.7 Å². The van der Waals surface area contributed by atoms with Crippen molar-refractivity contribution in [3.05, 3.63) is 34.0 Å². The zero-order chi connectivity index (χ0) is 14.8. The van der Waals surface area contributed by atoms with Gasteiger partial charge in [-0.05, 0) is 45.6 Å². The molecule has 0 radical (unpaired) electrons. The van der Waals surface area contributed by atoms with Crippen molar-refractivity contribution in [1.82, 2.24) is 19.9 Å². The highest BCUT2D eigenvalue weighted by atomic mass is 16.5. The molecule has 0 saturated heterocycles. The first-order valence-electron chi connectivity index (χ1n) is 7.25. The van der Waals surface area contributed by atoms with E-state index >= 15 is 0 Å². The Balaban J connectivity index is 1.62. The standard InChI is InChI=1S/C14H19N5O2/c1-9-3-8-13(20)19(17-9)12-6-4-11(5-7-12)16-14-15-10(2)18-21-14/h3,8,11-12H,4-7H2,1-2H3,(H,15,16,18). The van der Waals surface area contributed by atoms with Crippen molar-refractivity contribution < 1.29 is 4.52 Å². The molecule has 0 aromatic carbocycles. The van der Waals surface area contributed by atoms with Gasteiger partial charge >= 0.3 is 6.01 Å². The highest BCUT2D eigenvalue weighted by Crippen LogP contribution is 2.28. The highest BCUT2D eigenvalue weighted by molar-refractivity contribution is 5.20. The van der Waals surface area contributed by atoms with E-state index in [0.29, 0.717) is 17.9 Å². The molecule has 0 amide bonds. The minimum Gasteiger partial charge on any atom is -0.335 e. The lowest BCUT2D eigenvalue weighted by atomic mass is 9.91. The maximum atomic E-state index is 11.9. The summed E-state index contributed by atoms with van der Waals surface area (Å²) in [4.78, 5) is 16.0. The molecule has 2 aromatic rings. The lowest BCUT2D eigenvalue weighted by molar-refractivity contribution is 0.298. The van der Waals surface area contributed by atoms with Crippen molar-refractivity contribution in [2.45, 2.75) is 51.6 Å². The highest BCUT2D eigenvalue weighted by Gasteiger charge is 2.24. The Labute approximate surface area is 122 Å². The topological polar surface area (TPSA) is 85.8 Å². The van der Waals surface area contributed by atoms with Gasteiger partial charge in [-0.1, -0.05) is 5.16 Å². The van der Waals surface area contributed by atoms with Crippen LogP contribution in [0.1, 0.15) is 43.2 Å². The number of nitrogens with zero attached hydrogens (tertiary/aromatic N) is 4. The molecule has 1 N–H and O–H groups in total. The number of aromatic nitrogens is 4. The quantitative estimate of drug-likeness (QED) is 0.928. The first-order valence-corrected chi connectivity index (χ1v) is 7.25. The number of hydrogen-bond acceptors (Lipinski definition) is 6. The number of anilines is 1. The molecule has 0 atom stereocenters. The fourth-order valence-corrected chi connectivity index (χ4v) is 2.78. The summed E-state index contributed by atoms with van der Waals surface area (Å²) in [6, 6.07) is 4.31. The Kier molecular flexibility index (Phi) is 3.72. The van der Waals surface area contributed by atoms with Crippen LogP contribution in [-0.4, -0.2) is 26.0 Å². The maximum Gasteiger partial charge on any atom is 0.321 e. The van der Waals surface area contributed by atoms with Gasteiger partial charge in [-0.25, -0.2) is 4.68 Å². The van der Waals surface area contributed by atoms with Crippen LogP contribution in [0.25, 0.3) is 0 Å². The molecule has 1 aliphatic rings. The van der Waals surface area contributed by atoms with Gasteiger partial charge < -0.3 is 9.84 Å². The van der Waals surface area contributed by atoms with Gasteiger partial charge in [0, 0.05) is 12.1 Å². The van der Waals surface area contributed by atoms with Crippen molar-refractivity contribution in [2.75, 3.05) is 5.32 Å². The Hall–Kier alpha value is -2.18. The summed E-state index contributed by atoms with van der Waals surface area (Å²) in [7, 11) is 0. The average molecular weight is 289 g/mol. The molecule has 0 aliphatic heterocycles. The predicted molar refractivity (Wildman–Crippen MR) is 77.2 cm³/mol. The fraction of sp³-hybridized carbons (Fsp3) is 0.571. The molecular formula is C14H19N5O2. The molecule has 7 nitrogen and oxygen atoms in total. The van der Waals surface area contributed by atoms with Gasteiger partial charge in [0.25, 0.3) is 5.56 Å². The smallest absolute Gasteiger partial charge is 0.321 e. The molecule has 2 aromatic heterocycles. The second kappa shape index (κ2) is 5.67. The molecular weight excluding hydrogens is 270 g/mol. The van der Waals surface area contributed by atoms with Crippen LogP contribution in [0.2, 0.25) is 0 Å². The SMILES string of the molecule is Cc1ccc(=O)n(C2CCC(Nc3nc(C)no3)CC2)n1. The molecule has 21 heavy (non-hydrogen) atoms. The molecule has 0 unspecified atom stereocenters. The van der Waals surface area contributed by atoms with E-state index in [-0.39, 0.29) is 11.6 Å². The van der Waals surface area contributed by atoms with Crippen LogP contribution in [0.15, 0.2) is 21.5 Å². The summed E-state index contributed by atoms with van der Waals surface area (Å²) < 4.78 is 6.70. The Morgan fingerprint density at radius 2 is 2.00 bits per heavy atom. The average Bonchev–Trinajstić information content (AvgIpc) is 2.88. The monoisotopic (exact) mass is 289 g/mol. The van der Waals surface area contributed by atoms with Crippen LogP contribution >= 0.6 is 0 Å².